The minimum atomic E-state index is -2.06. The molecular weight excluding hydrogens is 747 g/mol. The molecule has 0 saturated heterocycles. The van der Waals surface area contributed by atoms with Crippen LogP contribution in [0.1, 0.15) is 0 Å². The van der Waals surface area contributed by atoms with E-state index in [9.17, 15) is 0 Å². The molecule has 6 heavy (non-hydrogen) atoms. The topological polar surface area (TPSA) is 0 Å². The molecule has 0 heterocycles. The third-order valence-electron chi connectivity index (χ3n) is 0. The van der Waals surface area contributed by atoms with Crippen LogP contribution in [0.2, 0.25) is 0 Å². The Bertz CT molecular complexity index is 37.1. The molecule has 0 spiro atoms. The van der Waals surface area contributed by atoms with Gasteiger partial charge in [-0.2, -0.15) is 0 Å². The summed E-state index contributed by atoms with van der Waals surface area (Å²) in [4.78, 5) is 0. The summed E-state index contributed by atoms with van der Waals surface area (Å²) in [6.45, 7) is 0. The van der Waals surface area contributed by atoms with Crippen molar-refractivity contribution in [1.29, 1.82) is 0 Å². The Morgan fingerprint density at radius 2 is 0.667 bits per heavy atom. The first-order valence-corrected chi connectivity index (χ1v) is 60.1. The standard InChI is InChI=1S/Cd.5HI/h;5*1H/q+5;;;;;/p-5. The predicted octanol–water partition coefficient (Wildman–Crippen LogP) is 4.43. The molecular formula is CdI5. The van der Waals surface area contributed by atoms with Gasteiger partial charge in [0, 0.05) is 0 Å². The molecule has 0 aromatic rings. The van der Waals surface area contributed by atoms with Crippen molar-refractivity contribution >= 4 is 88.8 Å². The van der Waals surface area contributed by atoms with Gasteiger partial charge in [0.2, 0.25) is 0 Å². The molecule has 0 saturated carbocycles. The average Bonchev–Trinajstić information content (AvgIpc) is 0.650. The molecule has 6 heteroatoms. The average molecular weight is 747 g/mol. The normalized spacial score (nSPS) is 15.0. The molecule has 0 aromatic heterocycles. The van der Waals surface area contributed by atoms with Crippen LogP contribution in [0.15, 0.2) is 0 Å². The Morgan fingerprint density at radius 3 is 0.667 bits per heavy atom. The van der Waals surface area contributed by atoms with E-state index >= 15 is 0 Å². The van der Waals surface area contributed by atoms with Crippen molar-refractivity contribution in [3.63, 3.8) is 0 Å². The van der Waals surface area contributed by atoms with E-state index < -0.39 is -1.83 Å². The second kappa shape index (κ2) is 3.31. The Hall–Kier alpha value is 4.57. The molecule has 0 radical (unpaired) electrons. The van der Waals surface area contributed by atoms with E-state index in [1.54, 1.807) is 0 Å². The van der Waals surface area contributed by atoms with E-state index in [1.807, 2.05) is 0 Å². The summed E-state index contributed by atoms with van der Waals surface area (Å²) in [5.74, 6) is 0. The molecule has 0 aliphatic rings. The second-order valence-electron chi connectivity index (χ2n) is 1.01. The Morgan fingerprint density at radius 1 is 0.667 bits per heavy atom. The molecule has 0 aromatic carbocycles. The van der Waals surface area contributed by atoms with Crippen LogP contribution < -0.4 is 0 Å². The Balaban J connectivity index is 3.73. The van der Waals surface area contributed by atoms with Gasteiger partial charge < -0.3 is 0 Å². The maximum atomic E-state index is 2.58. The molecule has 0 atom stereocenters. The van der Waals surface area contributed by atoms with Crippen LogP contribution in [0.4, 0.5) is 0 Å². The van der Waals surface area contributed by atoms with Crippen molar-refractivity contribution in [2.45, 2.75) is 0 Å². The summed E-state index contributed by atoms with van der Waals surface area (Å²) in [6, 6.07) is 0. The molecule has 0 amide bonds. The third-order valence-corrected chi connectivity index (χ3v) is 0. The molecule has 37 valence electrons. The van der Waals surface area contributed by atoms with Crippen LogP contribution in [0, 0.1) is 0 Å². The van der Waals surface area contributed by atoms with Gasteiger partial charge in [-0.1, -0.05) is 0 Å². The zero-order chi connectivity index (χ0) is 5.45. The van der Waals surface area contributed by atoms with Crippen molar-refractivity contribution < 1.29 is -1.83 Å². The first-order chi connectivity index (χ1) is 2.24. The van der Waals surface area contributed by atoms with E-state index in [2.05, 4.69) is 88.8 Å². The zero-order valence-corrected chi connectivity index (χ0v) is 17.4. The van der Waals surface area contributed by atoms with Gasteiger partial charge in [0.15, 0.2) is 0 Å². The molecule has 0 aliphatic heterocycles. The van der Waals surface area contributed by atoms with Gasteiger partial charge in [-0.25, -0.2) is 0 Å². The van der Waals surface area contributed by atoms with Crippen molar-refractivity contribution in [1.82, 2.24) is 0 Å². The molecule has 0 unspecified atom stereocenters. The summed E-state index contributed by atoms with van der Waals surface area (Å²) in [5.41, 5.74) is 0. The summed E-state index contributed by atoms with van der Waals surface area (Å²) in [6.07, 6.45) is 0. The van der Waals surface area contributed by atoms with Crippen LogP contribution in [-0.4, -0.2) is 0 Å². The van der Waals surface area contributed by atoms with Gasteiger partial charge in [0.1, 0.15) is 0 Å². The monoisotopic (exact) mass is 748 g/mol. The summed E-state index contributed by atoms with van der Waals surface area (Å²) >= 11 is 12.9. The van der Waals surface area contributed by atoms with Gasteiger partial charge in [-0.3, -0.25) is 0 Å². The van der Waals surface area contributed by atoms with Crippen LogP contribution in [-0.2, 0) is -1.83 Å². The summed E-state index contributed by atoms with van der Waals surface area (Å²) in [7, 11) is 0. The van der Waals surface area contributed by atoms with E-state index in [0.717, 1.165) is 0 Å². The molecule has 0 N–H and O–H groups in total. The number of hydrogen-bond acceptors (Lipinski definition) is 0. The van der Waals surface area contributed by atoms with Gasteiger partial charge in [0.05, 0.1) is 0 Å². The fourth-order valence-corrected chi connectivity index (χ4v) is 0. The van der Waals surface area contributed by atoms with Gasteiger partial charge in [0.25, 0.3) is 0 Å². The van der Waals surface area contributed by atoms with Gasteiger partial charge in [-0.15, -0.1) is 0 Å². The Labute approximate surface area is 83.2 Å². The van der Waals surface area contributed by atoms with E-state index in [0.29, 0.717) is 0 Å². The fraction of sp³-hybridized carbons (Fsp3) is 0. The molecule has 0 rings (SSSR count). The molecule has 0 fully saturated rings. The van der Waals surface area contributed by atoms with Crippen molar-refractivity contribution in [3.05, 3.63) is 0 Å². The van der Waals surface area contributed by atoms with E-state index in [1.165, 1.54) is 0 Å². The quantitative estimate of drug-likeness (QED) is 0.255. The Kier molecular flexibility index (Phi) is 5.84. The van der Waals surface area contributed by atoms with E-state index in [-0.39, 0.29) is 0 Å². The van der Waals surface area contributed by atoms with Gasteiger partial charge in [-0.05, 0) is 0 Å². The van der Waals surface area contributed by atoms with E-state index in [4.69, 9.17) is 0 Å². The minimum absolute atomic E-state index is 2.06. The first kappa shape index (κ1) is 10.6. The molecule has 0 bridgehead atoms. The van der Waals surface area contributed by atoms with Crippen molar-refractivity contribution in [2.75, 3.05) is 0 Å². The SMILES string of the molecule is [I][Cd]([I])([I])([I])[I]. The van der Waals surface area contributed by atoms with Crippen LogP contribution in [0.5, 0.6) is 0 Å². The maximum absolute atomic E-state index is 2.58. The number of halogens is 5. The summed E-state index contributed by atoms with van der Waals surface area (Å²) in [5, 5.41) is 0. The zero-order valence-electron chi connectivity index (χ0n) is 2.60. The second-order valence-corrected chi connectivity index (χ2v) is 305. The van der Waals surface area contributed by atoms with Crippen LogP contribution >= 0.6 is 88.8 Å². The van der Waals surface area contributed by atoms with Crippen molar-refractivity contribution in [2.24, 2.45) is 0 Å². The van der Waals surface area contributed by atoms with Crippen molar-refractivity contribution in [3.8, 4) is 0 Å². The fourth-order valence-electron chi connectivity index (χ4n) is 0. The molecule has 0 nitrogen and oxygen atoms in total. The predicted molar refractivity (Wildman–Crippen MR) is 70.1 cm³/mol. The third kappa shape index (κ3) is 23.5. The summed E-state index contributed by atoms with van der Waals surface area (Å²) < 4.78 is -2.06. The van der Waals surface area contributed by atoms with Crippen LogP contribution in [0.3, 0.4) is 0 Å². The number of rotatable bonds is 0. The van der Waals surface area contributed by atoms with Crippen LogP contribution in [0.25, 0.3) is 0 Å². The van der Waals surface area contributed by atoms with Gasteiger partial charge >= 0.3 is 87.0 Å². The molecule has 0 aliphatic carbocycles. The number of hydrogen-bond donors (Lipinski definition) is 0. The first-order valence-electron chi connectivity index (χ1n) is 1.34.